The van der Waals surface area contributed by atoms with Gasteiger partial charge in [0.25, 0.3) is 0 Å². The molecule has 3 heterocycles. The van der Waals surface area contributed by atoms with Gasteiger partial charge >= 0.3 is 0 Å². The highest BCUT2D eigenvalue weighted by atomic mass is 32.2. The van der Waals surface area contributed by atoms with Gasteiger partial charge in [0.15, 0.2) is 5.82 Å². The molecule has 0 atom stereocenters. The second-order valence-electron chi connectivity index (χ2n) is 6.78. The van der Waals surface area contributed by atoms with E-state index in [-0.39, 0.29) is 5.75 Å². The highest BCUT2D eigenvalue weighted by Crippen LogP contribution is 2.27. The molecule has 0 spiro atoms. The van der Waals surface area contributed by atoms with Crippen molar-refractivity contribution in [2.24, 2.45) is 7.05 Å². The fraction of sp³-hybridized carbons (Fsp3) is 0.706. The van der Waals surface area contributed by atoms with Crippen LogP contribution < -0.4 is 4.90 Å². The minimum Gasteiger partial charge on any atom is -0.352 e. The van der Waals surface area contributed by atoms with E-state index >= 15 is 0 Å². The van der Waals surface area contributed by atoms with Crippen LogP contribution in [0.5, 0.6) is 0 Å². The molecule has 144 valence electrons. The molecule has 2 aromatic rings. The Kier molecular flexibility index (Phi) is 5.47. The molecular weight excluding hydrogens is 352 g/mol. The number of hydrogen-bond donors (Lipinski definition) is 0. The molecule has 1 aliphatic heterocycles. The number of nitrogens with zero attached hydrogens (tertiary/aromatic N) is 6. The monoisotopic (exact) mass is 380 g/mol. The molecule has 0 saturated carbocycles. The van der Waals surface area contributed by atoms with Crippen molar-refractivity contribution in [3.63, 3.8) is 0 Å². The zero-order valence-electron chi connectivity index (χ0n) is 16.1. The fourth-order valence-electron chi connectivity index (χ4n) is 3.37. The van der Waals surface area contributed by atoms with Crippen LogP contribution in [0.2, 0.25) is 0 Å². The number of anilines is 1. The third-order valence-corrected chi connectivity index (χ3v) is 6.84. The normalized spacial score (nSPS) is 16.5. The Bertz CT molecular complexity index is 884. The number of piperazine rings is 1. The summed E-state index contributed by atoms with van der Waals surface area (Å²) in [6.45, 7) is 8.25. The molecule has 9 heteroatoms. The molecule has 0 N–H and O–H groups in total. The van der Waals surface area contributed by atoms with Gasteiger partial charge in [-0.2, -0.15) is 9.40 Å². The first-order valence-electron chi connectivity index (χ1n) is 9.30. The molecule has 1 fully saturated rings. The molecule has 0 amide bonds. The minimum absolute atomic E-state index is 0.238. The standard InChI is InChI=1S/C17H28N6O2S/c1-5-7-12-26(24,25)23-10-8-22(9-11-23)17-16-15(13(3)20-21(16)4)18-14(6-2)19-17/h5-12H2,1-4H3. The Balaban J connectivity index is 1.86. The molecule has 1 aliphatic rings. The smallest absolute Gasteiger partial charge is 0.214 e. The van der Waals surface area contributed by atoms with E-state index < -0.39 is 10.0 Å². The van der Waals surface area contributed by atoms with Gasteiger partial charge in [-0.25, -0.2) is 18.4 Å². The third-order valence-electron chi connectivity index (χ3n) is 4.88. The van der Waals surface area contributed by atoms with Crippen LogP contribution in [0.1, 0.15) is 38.2 Å². The summed E-state index contributed by atoms with van der Waals surface area (Å²) in [7, 11) is -1.25. The van der Waals surface area contributed by atoms with Gasteiger partial charge in [0.05, 0.1) is 11.4 Å². The quantitative estimate of drug-likeness (QED) is 0.755. The zero-order valence-corrected chi connectivity index (χ0v) is 16.9. The Morgan fingerprint density at radius 1 is 1.08 bits per heavy atom. The Labute approximate surface area is 155 Å². The van der Waals surface area contributed by atoms with Gasteiger partial charge in [-0.15, -0.1) is 0 Å². The van der Waals surface area contributed by atoms with Crippen LogP contribution in [0.15, 0.2) is 0 Å². The van der Waals surface area contributed by atoms with Gasteiger partial charge in [-0.1, -0.05) is 20.3 Å². The lowest BCUT2D eigenvalue weighted by Crippen LogP contribution is -2.49. The number of hydrogen-bond acceptors (Lipinski definition) is 6. The second kappa shape index (κ2) is 7.48. The SMILES string of the molecule is CCCCS(=O)(=O)N1CCN(c2nc(CC)nc3c(C)nn(C)c23)CC1. The molecular formula is C17H28N6O2S. The second-order valence-corrected chi connectivity index (χ2v) is 8.87. The van der Waals surface area contributed by atoms with E-state index in [1.54, 1.807) is 4.31 Å². The minimum atomic E-state index is -3.15. The highest BCUT2D eigenvalue weighted by molar-refractivity contribution is 7.89. The third kappa shape index (κ3) is 3.55. The van der Waals surface area contributed by atoms with Crippen molar-refractivity contribution in [1.82, 2.24) is 24.1 Å². The number of fused-ring (bicyclic) bond motifs is 1. The molecule has 1 saturated heterocycles. The van der Waals surface area contributed by atoms with Crippen LogP contribution in [-0.4, -0.2) is 64.4 Å². The molecule has 3 rings (SSSR count). The molecule has 0 bridgehead atoms. The van der Waals surface area contributed by atoms with E-state index in [4.69, 9.17) is 4.98 Å². The zero-order chi connectivity index (χ0) is 18.9. The van der Waals surface area contributed by atoms with Crippen molar-refractivity contribution in [1.29, 1.82) is 0 Å². The average molecular weight is 381 g/mol. The molecule has 0 unspecified atom stereocenters. The number of rotatable bonds is 6. The lowest BCUT2D eigenvalue weighted by atomic mass is 10.3. The maximum absolute atomic E-state index is 12.4. The van der Waals surface area contributed by atoms with Crippen LogP contribution in [0.3, 0.4) is 0 Å². The summed E-state index contributed by atoms with van der Waals surface area (Å²) in [4.78, 5) is 11.5. The van der Waals surface area contributed by atoms with Crippen molar-refractivity contribution in [2.75, 3.05) is 36.8 Å². The lowest BCUT2D eigenvalue weighted by molar-refractivity contribution is 0.383. The number of unbranched alkanes of at least 4 members (excludes halogenated alkanes) is 1. The fourth-order valence-corrected chi connectivity index (χ4v) is 5.00. The summed E-state index contributed by atoms with van der Waals surface area (Å²) < 4.78 is 28.3. The molecule has 0 aliphatic carbocycles. The maximum atomic E-state index is 12.4. The maximum Gasteiger partial charge on any atom is 0.214 e. The van der Waals surface area contributed by atoms with Gasteiger partial charge < -0.3 is 4.90 Å². The van der Waals surface area contributed by atoms with Crippen molar-refractivity contribution in [3.05, 3.63) is 11.5 Å². The summed E-state index contributed by atoms with van der Waals surface area (Å²) in [5.74, 6) is 1.89. The first kappa shape index (κ1) is 19.0. The van der Waals surface area contributed by atoms with E-state index in [2.05, 4.69) is 15.0 Å². The van der Waals surface area contributed by atoms with Crippen LogP contribution in [0, 0.1) is 6.92 Å². The lowest BCUT2D eigenvalue weighted by Gasteiger charge is -2.35. The van der Waals surface area contributed by atoms with Crippen LogP contribution in [0.25, 0.3) is 11.0 Å². The topological polar surface area (TPSA) is 84.2 Å². The number of aryl methyl sites for hydroxylation is 3. The van der Waals surface area contributed by atoms with Gasteiger partial charge in [0.1, 0.15) is 16.9 Å². The largest absolute Gasteiger partial charge is 0.352 e. The van der Waals surface area contributed by atoms with Crippen molar-refractivity contribution in [2.45, 2.75) is 40.0 Å². The summed E-state index contributed by atoms with van der Waals surface area (Å²) >= 11 is 0. The van der Waals surface area contributed by atoms with Gasteiger partial charge in [-0.05, 0) is 13.3 Å². The van der Waals surface area contributed by atoms with E-state index in [1.807, 2.05) is 32.5 Å². The van der Waals surface area contributed by atoms with Crippen LogP contribution in [-0.2, 0) is 23.5 Å². The molecule has 2 aromatic heterocycles. The van der Waals surface area contributed by atoms with Crippen molar-refractivity contribution in [3.8, 4) is 0 Å². The van der Waals surface area contributed by atoms with Crippen molar-refractivity contribution >= 4 is 26.9 Å². The van der Waals surface area contributed by atoms with E-state index in [1.165, 1.54) is 0 Å². The number of sulfonamides is 1. The summed E-state index contributed by atoms with van der Waals surface area (Å²) in [5.41, 5.74) is 2.69. The first-order valence-corrected chi connectivity index (χ1v) is 10.9. The van der Waals surface area contributed by atoms with E-state index in [0.717, 1.165) is 41.2 Å². The highest BCUT2D eigenvalue weighted by Gasteiger charge is 2.28. The molecule has 0 radical (unpaired) electrons. The van der Waals surface area contributed by atoms with Gasteiger partial charge in [0, 0.05) is 39.6 Å². The molecule has 26 heavy (non-hydrogen) atoms. The predicted octanol–water partition coefficient (Wildman–Crippen LogP) is 1.49. The van der Waals surface area contributed by atoms with E-state index in [0.29, 0.717) is 32.6 Å². The Morgan fingerprint density at radius 2 is 1.77 bits per heavy atom. The summed E-state index contributed by atoms with van der Waals surface area (Å²) in [6.07, 6.45) is 2.35. The Hall–Kier alpha value is -1.74. The van der Waals surface area contributed by atoms with Crippen LogP contribution >= 0.6 is 0 Å². The molecule has 8 nitrogen and oxygen atoms in total. The van der Waals surface area contributed by atoms with Crippen molar-refractivity contribution < 1.29 is 8.42 Å². The van der Waals surface area contributed by atoms with Gasteiger partial charge in [-0.3, -0.25) is 4.68 Å². The first-order chi connectivity index (χ1) is 12.4. The van der Waals surface area contributed by atoms with Crippen LogP contribution in [0.4, 0.5) is 5.82 Å². The Morgan fingerprint density at radius 3 is 2.38 bits per heavy atom. The number of aromatic nitrogens is 4. The van der Waals surface area contributed by atoms with Gasteiger partial charge in [0.2, 0.25) is 10.0 Å². The van der Waals surface area contributed by atoms with E-state index in [9.17, 15) is 8.42 Å². The predicted molar refractivity (Wildman–Crippen MR) is 103 cm³/mol. The average Bonchev–Trinajstić information content (AvgIpc) is 2.93. The summed E-state index contributed by atoms with van der Waals surface area (Å²) in [5, 5.41) is 4.49. The summed E-state index contributed by atoms with van der Waals surface area (Å²) in [6, 6.07) is 0. The molecule has 0 aromatic carbocycles.